The topological polar surface area (TPSA) is 81.1 Å². The zero-order valence-corrected chi connectivity index (χ0v) is 18.0. The smallest absolute Gasteiger partial charge is 0.257 e. The number of alkyl halides is 2. The highest BCUT2D eigenvalue weighted by Gasteiger charge is 2.37. The molecule has 2 fully saturated rings. The fourth-order valence-corrected chi connectivity index (χ4v) is 5.48. The Morgan fingerprint density at radius 1 is 1.16 bits per heavy atom. The van der Waals surface area contributed by atoms with Crippen LogP contribution in [0.2, 0.25) is 0 Å². The lowest BCUT2D eigenvalue weighted by molar-refractivity contribution is -0.111. The molecule has 1 unspecified atom stereocenters. The van der Waals surface area contributed by atoms with Crippen LogP contribution in [0.5, 0.6) is 0 Å². The number of aryl methyl sites for hydroxylation is 1. The van der Waals surface area contributed by atoms with Gasteiger partial charge in [0.05, 0.1) is 10.1 Å². The molecule has 1 amide bonds. The van der Waals surface area contributed by atoms with Crippen molar-refractivity contribution in [2.24, 2.45) is 5.92 Å². The lowest BCUT2D eigenvalue weighted by atomic mass is 9.98. The van der Waals surface area contributed by atoms with Gasteiger partial charge in [-0.3, -0.25) is 9.48 Å². The van der Waals surface area contributed by atoms with Crippen LogP contribution >= 0.6 is 0 Å². The van der Waals surface area contributed by atoms with Gasteiger partial charge in [-0.05, 0) is 56.2 Å². The molecule has 1 aromatic carbocycles. The maximum Gasteiger partial charge on any atom is 0.257 e. The first-order chi connectivity index (χ1) is 14.8. The van der Waals surface area contributed by atoms with Crippen molar-refractivity contribution in [2.45, 2.75) is 61.6 Å². The number of allylic oxidation sites excluding steroid dienone is 1. The molecule has 0 radical (unpaired) electrons. The summed E-state index contributed by atoms with van der Waals surface area (Å²) in [6.45, 7) is 2.56. The highest BCUT2D eigenvalue weighted by molar-refractivity contribution is 7.92. The Kier molecular flexibility index (Phi) is 5.96. The number of rotatable bonds is 7. The second kappa shape index (κ2) is 8.53. The van der Waals surface area contributed by atoms with Crippen LogP contribution in [-0.4, -0.2) is 41.7 Å². The van der Waals surface area contributed by atoms with Crippen molar-refractivity contribution in [2.75, 3.05) is 5.32 Å². The number of hydrogen-bond acceptors (Lipinski definition) is 4. The Balaban J connectivity index is 1.62. The van der Waals surface area contributed by atoms with E-state index in [0.717, 1.165) is 0 Å². The Morgan fingerprint density at radius 3 is 2.35 bits per heavy atom. The molecule has 2 aromatic rings. The summed E-state index contributed by atoms with van der Waals surface area (Å²) in [7, 11) is -3.35. The van der Waals surface area contributed by atoms with Gasteiger partial charge in [0.1, 0.15) is 12.3 Å². The fourth-order valence-electron chi connectivity index (χ4n) is 3.83. The summed E-state index contributed by atoms with van der Waals surface area (Å²) >= 11 is 0. The molecular formula is C22H25F2N3O3S. The first-order valence-corrected chi connectivity index (χ1v) is 12.0. The summed E-state index contributed by atoms with van der Waals surface area (Å²) in [4.78, 5) is 13.2. The monoisotopic (exact) mass is 449 g/mol. The van der Waals surface area contributed by atoms with Gasteiger partial charge in [0.25, 0.3) is 5.91 Å². The van der Waals surface area contributed by atoms with Gasteiger partial charge < -0.3 is 5.32 Å². The molecule has 6 nitrogen and oxygen atoms in total. The maximum absolute atomic E-state index is 13.7. The number of carbonyl (C=O) groups is 1. The van der Waals surface area contributed by atoms with Gasteiger partial charge in [0, 0.05) is 24.4 Å². The number of hydrogen-bond donors (Lipinski definition) is 1. The van der Waals surface area contributed by atoms with Gasteiger partial charge in [-0.2, -0.15) is 5.10 Å². The SMILES string of the molecule is CCn1ccc(NC(=O)C(=CC2C[C@@H](F)[C@@H](F)C2)c2ccc(S(=O)(=O)C3CC3)cc2)n1. The molecule has 0 bridgehead atoms. The minimum absolute atomic E-state index is 0.0105. The van der Waals surface area contributed by atoms with Crippen molar-refractivity contribution in [3.05, 3.63) is 48.2 Å². The first kappa shape index (κ1) is 21.7. The number of nitrogens with one attached hydrogen (secondary N) is 1. The van der Waals surface area contributed by atoms with Gasteiger partial charge in [0.2, 0.25) is 0 Å². The Morgan fingerprint density at radius 2 is 1.81 bits per heavy atom. The number of aromatic nitrogens is 2. The second-order valence-electron chi connectivity index (χ2n) is 8.12. The zero-order valence-electron chi connectivity index (χ0n) is 17.2. The third-order valence-corrected chi connectivity index (χ3v) is 8.04. The summed E-state index contributed by atoms with van der Waals surface area (Å²) in [5.41, 5.74) is 0.729. The fraction of sp³-hybridized carbons (Fsp3) is 0.455. The van der Waals surface area contributed by atoms with Gasteiger partial charge >= 0.3 is 0 Å². The average Bonchev–Trinajstić information content (AvgIpc) is 3.45. The van der Waals surface area contributed by atoms with Crippen LogP contribution in [0.4, 0.5) is 14.6 Å². The molecule has 0 saturated heterocycles. The first-order valence-electron chi connectivity index (χ1n) is 10.5. The predicted molar refractivity (Wildman–Crippen MR) is 114 cm³/mol. The third kappa shape index (κ3) is 4.71. The van der Waals surface area contributed by atoms with Crippen LogP contribution in [0.15, 0.2) is 47.5 Å². The summed E-state index contributed by atoms with van der Waals surface area (Å²) in [6, 6.07) is 7.77. The lowest BCUT2D eigenvalue weighted by Gasteiger charge is -2.12. The molecule has 1 heterocycles. The minimum Gasteiger partial charge on any atom is -0.305 e. The average molecular weight is 450 g/mol. The normalized spacial score (nSPS) is 24.4. The van der Waals surface area contributed by atoms with Crippen molar-refractivity contribution in [1.82, 2.24) is 9.78 Å². The number of nitrogens with zero attached hydrogens (tertiary/aromatic N) is 2. The van der Waals surface area contributed by atoms with E-state index in [9.17, 15) is 22.0 Å². The van der Waals surface area contributed by atoms with Crippen LogP contribution in [0, 0.1) is 5.92 Å². The van der Waals surface area contributed by atoms with Gasteiger partial charge in [0.15, 0.2) is 15.7 Å². The van der Waals surface area contributed by atoms with E-state index in [4.69, 9.17) is 0 Å². The minimum atomic E-state index is -3.35. The highest BCUT2D eigenvalue weighted by atomic mass is 32.2. The number of amides is 1. The Hall–Kier alpha value is -2.55. The van der Waals surface area contributed by atoms with Crippen molar-refractivity contribution >= 4 is 27.1 Å². The van der Waals surface area contributed by atoms with Crippen LogP contribution in [0.3, 0.4) is 0 Å². The van der Waals surface area contributed by atoms with Crippen molar-refractivity contribution in [1.29, 1.82) is 0 Å². The third-order valence-electron chi connectivity index (χ3n) is 5.76. The number of anilines is 1. The number of carbonyl (C=O) groups excluding carboxylic acids is 1. The molecule has 9 heteroatoms. The lowest BCUT2D eigenvalue weighted by Crippen LogP contribution is -2.16. The maximum atomic E-state index is 13.7. The number of benzene rings is 1. The largest absolute Gasteiger partial charge is 0.305 e. The van der Waals surface area contributed by atoms with Crippen molar-refractivity contribution in [3.63, 3.8) is 0 Å². The molecule has 2 saturated carbocycles. The Bertz CT molecular complexity index is 1080. The zero-order chi connectivity index (χ0) is 22.2. The number of halogens is 2. The molecule has 0 aliphatic heterocycles. The molecule has 1 N–H and O–H groups in total. The quantitative estimate of drug-likeness (QED) is 0.649. The van der Waals surface area contributed by atoms with Crippen LogP contribution < -0.4 is 5.32 Å². The summed E-state index contributed by atoms with van der Waals surface area (Å²) in [5, 5.41) is 6.62. The summed E-state index contributed by atoms with van der Waals surface area (Å²) in [5.74, 6) is -0.519. The predicted octanol–water partition coefficient (Wildman–Crippen LogP) is 3.95. The summed E-state index contributed by atoms with van der Waals surface area (Å²) < 4.78 is 53.9. The highest BCUT2D eigenvalue weighted by Crippen LogP contribution is 2.36. The van der Waals surface area contributed by atoms with E-state index in [1.807, 2.05) is 6.92 Å². The van der Waals surface area contributed by atoms with E-state index in [1.54, 1.807) is 35.2 Å². The standard InChI is InChI=1S/C22H25F2N3O3S/c1-2-27-10-9-21(26-27)25-22(28)18(11-14-12-19(23)20(24)13-14)15-3-5-16(6-4-15)31(29,30)17-7-8-17/h3-6,9-11,14,17,19-20H,2,7-8,12-13H2,1H3,(H,25,26,28)/t14?,19-,20+. The second-order valence-corrected chi connectivity index (χ2v) is 10.4. The van der Waals surface area contributed by atoms with E-state index < -0.39 is 34.0 Å². The molecule has 1 aromatic heterocycles. The van der Waals surface area contributed by atoms with Crippen LogP contribution in [0.25, 0.3) is 5.57 Å². The van der Waals surface area contributed by atoms with Gasteiger partial charge in [-0.15, -0.1) is 0 Å². The molecule has 3 atom stereocenters. The van der Waals surface area contributed by atoms with Gasteiger partial charge in [-0.1, -0.05) is 18.2 Å². The molecule has 0 spiro atoms. The van der Waals surface area contributed by atoms with E-state index in [2.05, 4.69) is 10.4 Å². The molecular weight excluding hydrogens is 424 g/mol. The van der Waals surface area contributed by atoms with Crippen molar-refractivity contribution in [3.8, 4) is 0 Å². The van der Waals surface area contributed by atoms with Gasteiger partial charge in [-0.25, -0.2) is 17.2 Å². The number of sulfone groups is 1. The van der Waals surface area contributed by atoms with E-state index in [1.165, 1.54) is 12.1 Å². The molecule has 4 rings (SSSR count). The van der Waals surface area contributed by atoms with E-state index in [-0.39, 0.29) is 28.6 Å². The molecule has 2 aliphatic rings. The molecule has 166 valence electrons. The molecule has 31 heavy (non-hydrogen) atoms. The van der Waals surface area contributed by atoms with Crippen molar-refractivity contribution < 1.29 is 22.0 Å². The van der Waals surface area contributed by atoms with E-state index in [0.29, 0.717) is 30.8 Å². The Labute approximate surface area is 180 Å². The van der Waals surface area contributed by atoms with E-state index >= 15 is 0 Å². The van der Waals surface area contributed by atoms with Crippen LogP contribution in [0.1, 0.15) is 38.2 Å². The summed E-state index contributed by atoms with van der Waals surface area (Å²) in [6.07, 6.45) is 1.58. The molecule has 2 aliphatic carbocycles. The van der Waals surface area contributed by atoms with Crippen LogP contribution in [-0.2, 0) is 21.2 Å².